The summed E-state index contributed by atoms with van der Waals surface area (Å²) in [6.45, 7) is 2.00. The van der Waals surface area contributed by atoms with Gasteiger partial charge >= 0.3 is 0 Å². The Bertz CT molecular complexity index is 678. The van der Waals surface area contributed by atoms with Gasteiger partial charge < -0.3 is 5.32 Å². The smallest absolute Gasteiger partial charge is 0.130 e. The van der Waals surface area contributed by atoms with Gasteiger partial charge in [0.2, 0.25) is 0 Å². The fourth-order valence-corrected chi connectivity index (χ4v) is 1.94. The third-order valence-electron chi connectivity index (χ3n) is 2.80. The Morgan fingerprint density at radius 3 is 2.72 bits per heavy atom. The number of hydrogen-bond acceptors (Lipinski definition) is 3. The third kappa shape index (κ3) is 2.02. The third-order valence-corrected chi connectivity index (χ3v) is 2.80. The van der Waals surface area contributed by atoms with Crippen LogP contribution in [0.4, 0.5) is 11.5 Å². The summed E-state index contributed by atoms with van der Waals surface area (Å²) in [5.74, 6) is 0.838. The van der Waals surface area contributed by atoms with Crippen LogP contribution in [0.25, 0.3) is 10.9 Å². The number of nitrogens with one attached hydrogen (secondary N) is 1. The van der Waals surface area contributed by atoms with Crippen LogP contribution in [-0.2, 0) is 0 Å². The summed E-state index contributed by atoms with van der Waals surface area (Å²) >= 11 is 0. The van der Waals surface area contributed by atoms with E-state index in [1.165, 1.54) is 0 Å². The number of rotatable bonds is 2. The van der Waals surface area contributed by atoms with Gasteiger partial charge in [0.1, 0.15) is 5.82 Å². The van der Waals surface area contributed by atoms with Crippen LogP contribution in [0.5, 0.6) is 0 Å². The highest BCUT2D eigenvalue weighted by Crippen LogP contribution is 2.24. The van der Waals surface area contributed by atoms with E-state index in [1.807, 2.05) is 49.4 Å². The Labute approximate surface area is 106 Å². The minimum atomic E-state index is 0.838. The minimum absolute atomic E-state index is 0.838. The molecular weight excluding hydrogens is 222 g/mol. The Kier molecular flexibility index (Phi) is 2.65. The Balaban J connectivity index is 2.07. The van der Waals surface area contributed by atoms with Crippen LogP contribution >= 0.6 is 0 Å². The van der Waals surface area contributed by atoms with Gasteiger partial charge in [-0.25, -0.2) is 4.98 Å². The molecule has 1 aromatic carbocycles. The highest BCUT2D eigenvalue weighted by molar-refractivity contribution is 5.92. The van der Waals surface area contributed by atoms with Gasteiger partial charge in [-0.1, -0.05) is 12.1 Å². The van der Waals surface area contributed by atoms with Crippen LogP contribution in [0.15, 0.2) is 54.7 Å². The van der Waals surface area contributed by atoms with Crippen molar-refractivity contribution in [2.75, 3.05) is 5.32 Å². The molecule has 2 aromatic heterocycles. The number of nitrogens with zero attached hydrogens (tertiary/aromatic N) is 2. The molecule has 3 heteroatoms. The summed E-state index contributed by atoms with van der Waals surface area (Å²) in [5, 5.41) is 4.42. The fourth-order valence-electron chi connectivity index (χ4n) is 1.94. The van der Waals surface area contributed by atoms with Crippen molar-refractivity contribution in [3.05, 3.63) is 60.4 Å². The molecule has 0 spiro atoms. The van der Waals surface area contributed by atoms with Gasteiger partial charge in [-0.2, -0.15) is 0 Å². The normalized spacial score (nSPS) is 10.5. The van der Waals surface area contributed by atoms with Crippen molar-refractivity contribution >= 4 is 22.4 Å². The largest absolute Gasteiger partial charge is 0.340 e. The summed E-state index contributed by atoms with van der Waals surface area (Å²) in [7, 11) is 0. The quantitative estimate of drug-likeness (QED) is 0.736. The maximum Gasteiger partial charge on any atom is 0.130 e. The van der Waals surface area contributed by atoms with Crippen LogP contribution in [0, 0.1) is 6.92 Å². The van der Waals surface area contributed by atoms with Crippen molar-refractivity contribution in [3.63, 3.8) is 0 Å². The number of aryl methyl sites for hydroxylation is 1. The molecule has 0 fully saturated rings. The molecule has 0 radical (unpaired) electrons. The van der Waals surface area contributed by atoms with Gasteiger partial charge in [-0.05, 0) is 43.3 Å². The number of hydrogen-bond donors (Lipinski definition) is 1. The number of anilines is 2. The summed E-state index contributed by atoms with van der Waals surface area (Å²) in [6.07, 6.45) is 1.77. The molecule has 88 valence electrons. The van der Waals surface area contributed by atoms with Crippen LogP contribution in [0.1, 0.15) is 5.69 Å². The number of aromatic nitrogens is 2. The molecule has 18 heavy (non-hydrogen) atoms. The lowest BCUT2D eigenvalue weighted by Crippen LogP contribution is -1.94. The monoisotopic (exact) mass is 235 g/mol. The average molecular weight is 235 g/mol. The first kappa shape index (κ1) is 10.7. The molecule has 2 heterocycles. The fraction of sp³-hybridized carbons (Fsp3) is 0.0667. The van der Waals surface area contributed by atoms with Crippen molar-refractivity contribution < 1.29 is 0 Å². The molecule has 0 aliphatic carbocycles. The predicted molar refractivity (Wildman–Crippen MR) is 74.0 cm³/mol. The van der Waals surface area contributed by atoms with E-state index in [1.54, 1.807) is 6.20 Å². The minimum Gasteiger partial charge on any atom is -0.340 e. The summed E-state index contributed by atoms with van der Waals surface area (Å²) < 4.78 is 0. The van der Waals surface area contributed by atoms with E-state index in [-0.39, 0.29) is 0 Å². The zero-order chi connectivity index (χ0) is 12.4. The van der Waals surface area contributed by atoms with Gasteiger partial charge in [-0.3, -0.25) is 4.98 Å². The molecule has 1 N–H and O–H groups in total. The molecule has 3 rings (SSSR count). The van der Waals surface area contributed by atoms with Crippen molar-refractivity contribution in [2.45, 2.75) is 6.92 Å². The van der Waals surface area contributed by atoms with Gasteiger partial charge in [-0.15, -0.1) is 0 Å². The first-order valence-corrected chi connectivity index (χ1v) is 5.87. The number of pyridine rings is 2. The van der Waals surface area contributed by atoms with E-state index >= 15 is 0 Å². The van der Waals surface area contributed by atoms with E-state index in [4.69, 9.17) is 0 Å². The number of benzene rings is 1. The van der Waals surface area contributed by atoms with E-state index in [0.29, 0.717) is 0 Å². The molecular formula is C15H13N3. The molecule has 3 aromatic rings. The van der Waals surface area contributed by atoms with Gasteiger partial charge in [0.25, 0.3) is 0 Å². The standard InChI is InChI=1S/C15H13N3/c1-11-8-9-12-13(17-11)5-4-6-14(12)18-15-7-2-3-10-16-15/h2-10H,1H3,(H,16,18). The molecule has 0 bridgehead atoms. The second-order valence-corrected chi connectivity index (χ2v) is 4.16. The maximum absolute atomic E-state index is 4.52. The van der Waals surface area contributed by atoms with E-state index in [0.717, 1.165) is 28.1 Å². The Morgan fingerprint density at radius 1 is 0.944 bits per heavy atom. The molecule has 0 unspecified atom stereocenters. The lowest BCUT2D eigenvalue weighted by Gasteiger charge is -2.08. The molecule has 0 amide bonds. The lowest BCUT2D eigenvalue weighted by molar-refractivity contribution is 1.25. The average Bonchev–Trinajstić information content (AvgIpc) is 2.40. The molecule has 0 aliphatic rings. The topological polar surface area (TPSA) is 37.8 Å². The SMILES string of the molecule is Cc1ccc2c(Nc3ccccn3)cccc2n1. The van der Waals surface area contributed by atoms with Gasteiger partial charge in [0.05, 0.1) is 5.52 Å². The second kappa shape index (κ2) is 4.45. The highest BCUT2D eigenvalue weighted by Gasteiger charge is 2.02. The van der Waals surface area contributed by atoms with E-state index in [2.05, 4.69) is 21.4 Å². The summed E-state index contributed by atoms with van der Waals surface area (Å²) in [5.41, 5.74) is 3.05. The first-order chi connectivity index (χ1) is 8.83. The molecule has 0 saturated heterocycles. The highest BCUT2D eigenvalue weighted by atomic mass is 15.0. The summed E-state index contributed by atoms with van der Waals surface area (Å²) in [4.78, 5) is 8.78. The van der Waals surface area contributed by atoms with Crippen LogP contribution in [0.2, 0.25) is 0 Å². The molecule has 3 nitrogen and oxygen atoms in total. The van der Waals surface area contributed by atoms with Gasteiger partial charge in [0.15, 0.2) is 0 Å². The van der Waals surface area contributed by atoms with Crippen LogP contribution in [-0.4, -0.2) is 9.97 Å². The first-order valence-electron chi connectivity index (χ1n) is 5.87. The Morgan fingerprint density at radius 2 is 1.89 bits per heavy atom. The Hall–Kier alpha value is -2.42. The predicted octanol–water partition coefficient (Wildman–Crippen LogP) is 3.68. The van der Waals surface area contributed by atoms with Crippen molar-refractivity contribution in [3.8, 4) is 0 Å². The summed E-state index contributed by atoms with van der Waals surface area (Å²) in [6, 6.07) is 16.0. The van der Waals surface area contributed by atoms with Crippen LogP contribution < -0.4 is 5.32 Å². The maximum atomic E-state index is 4.52. The van der Waals surface area contributed by atoms with Gasteiger partial charge in [0, 0.05) is 23.0 Å². The van der Waals surface area contributed by atoms with Crippen LogP contribution in [0.3, 0.4) is 0 Å². The van der Waals surface area contributed by atoms with E-state index < -0.39 is 0 Å². The zero-order valence-electron chi connectivity index (χ0n) is 10.1. The van der Waals surface area contributed by atoms with Crippen molar-refractivity contribution in [1.82, 2.24) is 9.97 Å². The number of fused-ring (bicyclic) bond motifs is 1. The van der Waals surface area contributed by atoms with Crippen molar-refractivity contribution in [1.29, 1.82) is 0 Å². The lowest BCUT2D eigenvalue weighted by atomic mass is 10.1. The molecule has 0 saturated carbocycles. The molecule has 0 aliphatic heterocycles. The zero-order valence-corrected chi connectivity index (χ0v) is 10.1. The second-order valence-electron chi connectivity index (χ2n) is 4.16. The molecule has 0 atom stereocenters. The van der Waals surface area contributed by atoms with E-state index in [9.17, 15) is 0 Å². The van der Waals surface area contributed by atoms with Crippen molar-refractivity contribution in [2.24, 2.45) is 0 Å².